The molecule has 1 aromatic carbocycles. The molecule has 4 nitrogen and oxygen atoms in total. The second-order valence-electron chi connectivity index (χ2n) is 9.51. The fourth-order valence-electron chi connectivity index (χ4n) is 4.02. The van der Waals surface area contributed by atoms with E-state index in [4.69, 9.17) is 4.74 Å². The summed E-state index contributed by atoms with van der Waals surface area (Å²) in [6.07, 6.45) is 19.6. The van der Waals surface area contributed by atoms with Crippen LogP contribution < -0.4 is 10.1 Å². The fraction of sp³-hybridized carbons (Fsp3) is 0.759. The zero-order valence-electron chi connectivity index (χ0n) is 22.0. The van der Waals surface area contributed by atoms with Crippen molar-refractivity contribution in [2.75, 3.05) is 18.9 Å². The summed E-state index contributed by atoms with van der Waals surface area (Å²) in [5, 5.41) is 13.1. The molecular formula is C29H51NO3S. The summed E-state index contributed by atoms with van der Waals surface area (Å²) in [5.74, 6) is 2.34. The van der Waals surface area contributed by atoms with Crippen molar-refractivity contribution in [2.24, 2.45) is 0 Å². The van der Waals surface area contributed by atoms with E-state index in [1.54, 1.807) is 24.3 Å². The van der Waals surface area contributed by atoms with Crippen LogP contribution in [0.2, 0.25) is 0 Å². The highest BCUT2D eigenvalue weighted by Gasteiger charge is 2.04. The molecule has 34 heavy (non-hydrogen) atoms. The molecule has 0 heterocycles. The topological polar surface area (TPSA) is 58.6 Å². The molecule has 0 bridgehead atoms. The van der Waals surface area contributed by atoms with E-state index in [9.17, 15) is 9.90 Å². The van der Waals surface area contributed by atoms with Gasteiger partial charge in [-0.25, -0.2) is 0 Å². The van der Waals surface area contributed by atoms with Gasteiger partial charge in [0.25, 0.3) is 0 Å². The lowest BCUT2D eigenvalue weighted by molar-refractivity contribution is -0.121. The van der Waals surface area contributed by atoms with Crippen molar-refractivity contribution in [1.82, 2.24) is 5.32 Å². The predicted octanol–water partition coefficient (Wildman–Crippen LogP) is 8.27. The number of phenols is 1. The Morgan fingerprint density at radius 2 is 1.47 bits per heavy atom. The van der Waals surface area contributed by atoms with Crippen molar-refractivity contribution < 1.29 is 14.6 Å². The van der Waals surface area contributed by atoms with Crippen molar-refractivity contribution >= 4 is 17.7 Å². The number of aromatic hydroxyl groups is 1. The minimum atomic E-state index is 0.220. The second-order valence-corrected chi connectivity index (χ2v) is 11.1. The molecule has 0 spiro atoms. The molecule has 1 aromatic rings. The zero-order valence-corrected chi connectivity index (χ0v) is 22.8. The highest BCUT2D eigenvalue weighted by Crippen LogP contribution is 2.18. The van der Waals surface area contributed by atoms with E-state index in [0.717, 1.165) is 43.9 Å². The van der Waals surface area contributed by atoms with Crippen LogP contribution in [0.4, 0.5) is 0 Å². The third-order valence-corrected chi connectivity index (χ3v) is 7.44. The average molecular weight is 494 g/mol. The molecule has 1 amide bonds. The molecule has 1 rings (SSSR count). The Morgan fingerprint density at radius 3 is 2.15 bits per heavy atom. The number of nitrogens with one attached hydrogen (secondary N) is 1. The molecule has 5 heteroatoms. The van der Waals surface area contributed by atoms with E-state index < -0.39 is 0 Å². The van der Waals surface area contributed by atoms with Gasteiger partial charge >= 0.3 is 0 Å². The van der Waals surface area contributed by atoms with Crippen LogP contribution in [-0.4, -0.2) is 35.2 Å². The van der Waals surface area contributed by atoms with Crippen molar-refractivity contribution in [3.8, 4) is 11.5 Å². The maximum absolute atomic E-state index is 12.0. The van der Waals surface area contributed by atoms with E-state index in [1.807, 2.05) is 11.8 Å². The van der Waals surface area contributed by atoms with Gasteiger partial charge in [-0.1, -0.05) is 90.9 Å². The zero-order chi connectivity index (χ0) is 24.7. The summed E-state index contributed by atoms with van der Waals surface area (Å²) in [6.45, 7) is 6.13. The smallest absolute Gasteiger partial charge is 0.220 e. The second kappa shape index (κ2) is 22.1. The molecule has 0 radical (unpaired) electrons. The third kappa shape index (κ3) is 19.0. The van der Waals surface area contributed by atoms with Crippen molar-refractivity contribution in [3.05, 3.63) is 24.3 Å². The molecule has 1 unspecified atom stereocenters. The summed E-state index contributed by atoms with van der Waals surface area (Å²) in [5.41, 5.74) is 0. The molecule has 0 aromatic heterocycles. The van der Waals surface area contributed by atoms with Gasteiger partial charge in [-0.05, 0) is 43.5 Å². The molecular weight excluding hydrogens is 442 g/mol. The van der Waals surface area contributed by atoms with E-state index in [2.05, 4.69) is 19.2 Å². The molecule has 0 saturated carbocycles. The highest BCUT2D eigenvalue weighted by atomic mass is 32.2. The van der Waals surface area contributed by atoms with Crippen LogP contribution in [0.25, 0.3) is 0 Å². The highest BCUT2D eigenvalue weighted by molar-refractivity contribution is 7.99. The first-order chi connectivity index (χ1) is 16.6. The van der Waals surface area contributed by atoms with Gasteiger partial charge in [0.15, 0.2) is 0 Å². The van der Waals surface area contributed by atoms with Gasteiger partial charge in [0.05, 0.1) is 6.61 Å². The maximum Gasteiger partial charge on any atom is 0.220 e. The predicted molar refractivity (Wildman–Crippen MR) is 148 cm³/mol. The molecule has 0 aliphatic carbocycles. The Kier molecular flexibility index (Phi) is 20.0. The third-order valence-electron chi connectivity index (χ3n) is 6.19. The standard InChI is InChI=1S/C29H51NO3S/c1-3-4-5-6-11-14-17-26(2)34-25-23-30-29(32)18-15-12-9-7-8-10-13-16-24-33-28-21-19-27(31)20-22-28/h19-22,26,31H,3-18,23-25H2,1-2H3,(H,30,32). The van der Waals surface area contributed by atoms with Crippen LogP contribution in [0.15, 0.2) is 24.3 Å². The number of phenolic OH excluding ortho intramolecular Hbond substituents is 1. The number of thioether (sulfide) groups is 1. The first kappa shape index (κ1) is 30.7. The van der Waals surface area contributed by atoms with Crippen molar-refractivity contribution in [1.29, 1.82) is 0 Å². The molecule has 0 fully saturated rings. The molecule has 0 aliphatic heterocycles. The molecule has 196 valence electrons. The lowest BCUT2D eigenvalue weighted by Crippen LogP contribution is -2.25. The first-order valence-corrected chi connectivity index (χ1v) is 15.0. The Bertz CT molecular complexity index is 594. The van der Waals surface area contributed by atoms with Crippen LogP contribution in [0.5, 0.6) is 11.5 Å². The number of unbranched alkanes of at least 4 members (excludes halogenated alkanes) is 12. The van der Waals surface area contributed by atoms with E-state index in [-0.39, 0.29) is 11.7 Å². The van der Waals surface area contributed by atoms with Gasteiger partial charge in [-0.15, -0.1) is 0 Å². The van der Waals surface area contributed by atoms with Crippen LogP contribution in [0, 0.1) is 0 Å². The molecule has 0 saturated heterocycles. The van der Waals surface area contributed by atoms with Crippen LogP contribution in [0.3, 0.4) is 0 Å². The fourth-order valence-corrected chi connectivity index (χ4v) is 4.97. The number of ether oxygens (including phenoxy) is 1. The Balaban J connectivity index is 1.80. The summed E-state index contributed by atoms with van der Waals surface area (Å²) in [6, 6.07) is 6.90. The van der Waals surface area contributed by atoms with Gasteiger partial charge < -0.3 is 15.2 Å². The minimum absolute atomic E-state index is 0.220. The minimum Gasteiger partial charge on any atom is -0.508 e. The normalized spacial score (nSPS) is 11.9. The molecule has 1 atom stereocenters. The summed E-state index contributed by atoms with van der Waals surface area (Å²) in [7, 11) is 0. The van der Waals surface area contributed by atoms with E-state index in [0.29, 0.717) is 11.7 Å². The molecule has 2 N–H and O–H groups in total. The van der Waals surface area contributed by atoms with Gasteiger partial charge in [0.2, 0.25) is 5.91 Å². The van der Waals surface area contributed by atoms with Gasteiger partial charge in [0.1, 0.15) is 11.5 Å². The number of carbonyl (C=O) groups excluding carboxylic acids is 1. The van der Waals surface area contributed by atoms with Gasteiger partial charge in [-0.3, -0.25) is 4.79 Å². The summed E-state index contributed by atoms with van der Waals surface area (Å²) in [4.78, 5) is 12.0. The van der Waals surface area contributed by atoms with E-state index in [1.165, 1.54) is 77.0 Å². The number of carbonyl (C=O) groups is 1. The quantitative estimate of drug-likeness (QED) is 0.151. The maximum atomic E-state index is 12.0. The summed E-state index contributed by atoms with van der Waals surface area (Å²) < 4.78 is 5.67. The number of rotatable bonds is 23. The first-order valence-electron chi connectivity index (χ1n) is 13.9. The largest absolute Gasteiger partial charge is 0.508 e. The molecule has 0 aliphatic rings. The number of benzene rings is 1. The Morgan fingerprint density at radius 1 is 0.882 bits per heavy atom. The van der Waals surface area contributed by atoms with Crippen LogP contribution >= 0.6 is 11.8 Å². The Hall–Kier alpha value is -1.36. The Labute approximate surface area is 214 Å². The van der Waals surface area contributed by atoms with Crippen LogP contribution in [0.1, 0.15) is 117 Å². The lowest BCUT2D eigenvalue weighted by atomic mass is 10.1. The number of hydrogen-bond acceptors (Lipinski definition) is 4. The van der Waals surface area contributed by atoms with Crippen molar-refractivity contribution in [2.45, 2.75) is 122 Å². The monoisotopic (exact) mass is 493 g/mol. The van der Waals surface area contributed by atoms with E-state index >= 15 is 0 Å². The average Bonchev–Trinajstić information content (AvgIpc) is 2.83. The van der Waals surface area contributed by atoms with Crippen LogP contribution in [-0.2, 0) is 4.79 Å². The lowest BCUT2D eigenvalue weighted by Gasteiger charge is -2.11. The van der Waals surface area contributed by atoms with Gasteiger partial charge in [-0.2, -0.15) is 11.8 Å². The number of hydrogen-bond donors (Lipinski definition) is 2. The number of amides is 1. The summed E-state index contributed by atoms with van der Waals surface area (Å²) >= 11 is 2.00. The van der Waals surface area contributed by atoms with Crippen molar-refractivity contribution in [3.63, 3.8) is 0 Å². The van der Waals surface area contributed by atoms with Gasteiger partial charge in [0, 0.05) is 24.0 Å². The SMILES string of the molecule is CCCCCCCCC(C)SCCNC(=O)CCCCCCCCCCOc1ccc(O)cc1.